The predicted molar refractivity (Wildman–Crippen MR) is 89.0 cm³/mol. The van der Waals surface area contributed by atoms with Gasteiger partial charge in [0.25, 0.3) is 0 Å². The summed E-state index contributed by atoms with van der Waals surface area (Å²) in [6.07, 6.45) is 3.70. The highest BCUT2D eigenvalue weighted by Gasteiger charge is 2.44. The molecule has 2 fully saturated rings. The van der Waals surface area contributed by atoms with Crippen molar-refractivity contribution in [3.05, 3.63) is 22.8 Å². The van der Waals surface area contributed by atoms with Gasteiger partial charge in [0.1, 0.15) is 11.4 Å². The number of piperazine rings is 1. The zero-order valence-electron chi connectivity index (χ0n) is 13.3. The van der Waals surface area contributed by atoms with Gasteiger partial charge >= 0.3 is 6.09 Å². The molecule has 0 aliphatic carbocycles. The van der Waals surface area contributed by atoms with Crippen molar-refractivity contribution >= 4 is 27.8 Å². The molecule has 1 aromatic heterocycles. The fraction of sp³-hybridized carbons (Fsp3) is 0.625. The Morgan fingerprint density at radius 2 is 1.95 bits per heavy atom. The Bertz CT molecular complexity index is 559. The van der Waals surface area contributed by atoms with Gasteiger partial charge < -0.3 is 9.64 Å². The van der Waals surface area contributed by atoms with E-state index in [4.69, 9.17) is 4.74 Å². The number of nitrogens with zero attached hydrogens (tertiary/aromatic N) is 3. The number of carbonyl (C=O) groups excluding carboxylic acids is 1. The van der Waals surface area contributed by atoms with Gasteiger partial charge in [0, 0.05) is 23.8 Å². The minimum absolute atomic E-state index is 0.179. The number of hydrogen-bond acceptors (Lipinski definition) is 4. The fourth-order valence-electron chi connectivity index (χ4n) is 3.27. The number of hydrogen-bond donors (Lipinski definition) is 0. The van der Waals surface area contributed by atoms with Crippen LogP contribution in [0.1, 0.15) is 33.6 Å². The summed E-state index contributed by atoms with van der Waals surface area (Å²) in [6, 6.07) is 4.39. The lowest BCUT2D eigenvalue weighted by molar-refractivity contribution is 0.0123. The van der Waals surface area contributed by atoms with Crippen LogP contribution in [0.15, 0.2) is 22.8 Å². The molecule has 3 rings (SSSR count). The maximum absolute atomic E-state index is 12.4. The molecule has 0 aromatic carbocycles. The van der Waals surface area contributed by atoms with Crippen molar-refractivity contribution < 1.29 is 9.53 Å². The van der Waals surface area contributed by atoms with Gasteiger partial charge in [-0.25, -0.2) is 9.78 Å². The van der Waals surface area contributed by atoms with E-state index in [0.29, 0.717) is 0 Å². The van der Waals surface area contributed by atoms with Crippen LogP contribution in [0.5, 0.6) is 0 Å². The van der Waals surface area contributed by atoms with Gasteiger partial charge in [-0.15, -0.1) is 0 Å². The molecule has 5 nitrogen and oxygen atoms in total. The monoisotopic (exact) mass is 367 g/mol. The van der Waals surface area contributed by atoms with Gasteiger partial charge in [-0.3, -0.25) is 4.90 Å². The Kier molecular flexibility index (Phi) is 4.05. The minimum atomic E-state index is -0.445. The van der Waals surface area contributed by atoms with Gasteiger partial charge in [-0.2, -0.15) is 0 Å². The Hall–Kier alpha value is -1.30. The maximum Gasteiger partial charge on any atom is 0.410 e. The summed E-state index contributed by atoms with van der Waals surface area (Å²) < 4.78 is 6.59. The largest absolute Gasteiger partial charge is 0.444 e. The first kappa shape index (κ1) is 15.6. The van der Waals surface area contributed by atoms with E-state index < -0.39 is 5.60 Å². The summed E-state index contributed by atoms with van der Waals surface area (Å²) >= 11 is 3.49. The average molecular weight is 368 g/mol. The highest BCUT2D eigenvalue weighted by molar-refractivity contribution is 9.10. The number of aromatic nitrogens is 1. The molecule has 3 heterocycles. The number of anilines is 1. The van der Waals surface area contributed by atoms with Crippen LogP contribution in [0.4, 0.5) is 10.6 Å². The van der Waals surface area contributed by atoms with Crippen molar-refractivity contribution in [1.82, 2.24) is 9.88 Å². The molecule has 2 atom stereocenters. The highest BCUT2D eigenvalue weighted by atomic mass is 79.9. The number of pyridine rings is 1. The van der Waals surface area contributed by atoms with E-state index in [2.05, 4.69) is 25.8 Å². The third-order valence-electron chi connectivity index (χ3n) is 4.12. The van der Waals surface area contributed by atoms with Crippen LogP contribution in [0.2, 0.25) is 0 Å². The van der Waals surface area contributed by atoms with Crippen LogP contribution in [0.3, 0.4) is 0 Å². The van der Waals surface area contributed by atoms with E-state index in [0.717, 1.165) is 36.2 Å². The van der Waals surface area contributed by atoms with Crippen molar-refractivity contribution in [3.63, 3.8) is 0 Å². The third-order valence-corrected chi connectivity index (χ3v) is 4.61. The van der Waals surface area contributed by atoms with E-state index >= 15 is 0 Å². The van der Waals surface area contributed by atoms with Crippen LogP contribution in [-0.2, 0) is 4.74 Å². The number of amides is 1. The smallest absolute Gasteiger partial charge is 0.410 e. The molecule has 6 heteroatoms. The molecule has 2 aliphatic rings. The van der Waals surface area contributed by atoms with Crippen molar-refractivity contribution in [2.75, 3.05) is 18.0 Å². The normalized spacial score (nSPS) is 24.5. The second-order valence-corrected chi connectivity index (χ2v) is 7.93. The second kappa shape index (κ2) is 5.72. The van der Waals surface area contributed by atoms with E-state index in [-0.39, 0.29) is 18.2 Å². The van der Waals surface area contributed by atoms with Crippen LogP contribution < -0.4 is 4.90 Å². The summed E-state index contributed by atoms with van der Waals surface area (Å²) in [5, 5.41) is 0. The van der Waals surface area contributed by atoms with Crippen LogP contribution in [0, 0.1) is 0 Å². The Morgan fingerprint density at radius 3 is 2.50 bits per heavy atom. The molecule has 120 valence electrons. The first-order valence-corrected chi connectivity index (χ1v) is 8.50. The predicted octanol–water partition coefficient (Wildman–Crippen LogP) is 3.43. The molecule has 2 saturated heterocycles. The van der Waals surface area contributed by atoms with E-state index in [1.807, 2.05) is 44.0 Å². The Labute approximate surface area is 139 Å². The summed E-state index contributed by atoms with van der Waals surface area (Å²) in [7, 11) is 0. The van der Waals surface area contributed by atoms with E-state index in [9.17, 15) is 4.79 Å². The van der Waals surface area contributed by atoms with Gasteiger partial charge in [0.05, 0.1) is 12.1 Å². The molecular formula is C16H22BrN3O2. The lowest BCUT2D eigenvalue weighted by Crippen LogP contribution is -2.57. The van der Waals surface area contributed by atoms with Crippen molar-refractivity contribution in [2.45, 2.75) is 51.3 Å². The summed E-state index contributed by atoms with van der Waals surface area (Å²) in [5.41, 5.74) is -0.445. The van der Waals surface area contributed by atoms with Crippen molar-refractivity contribution in [1.29, 1.82) is 0 Å². The molecule has 1 aromatic rings. The molecule has 1 amide bonds. The molecule has 22 heavy (non-hydrogen) atoms. The van der Waals surface area contributed by atoms with Crippen molar-refractivity contribution in [2.24, 2.45) is 0 Å². The van der Waals surface area contributed by atoms with Gasteiger partial charge in [-0.05, 0) is 45.7 Å². The van der Waals surface area contributed by atoms with Gasteiger partial charge in [0.2, 0.25) is 0 Å². The zero-order chi connectivity index (χ0) is 15.9. The molecule has 0 spiro atoms. The molecular weight excluding hydrogens is 346 g/mol. The Morgan fingerprint density at radius 1 is 1.32 bits per heavy atom. The van der Waals surface area contributed by atoms with Gasteiger partial charge in [-0.1, -0.05) is 15.9 Å². The summed E-state index contributed by atoms with van der Waals surface area (Å²) in [4.78, 5) is 21.1. The van der Waals surface area contributed by atoms with Crippen LogP contribution in [-0.4, -0.2) is 46.8 Å². The highest BCUT2D eigenvalue weighted by Crippen LogP contribution is 2.33. The topological polar surface area (TPSA) is 45.7 Å². The number of fused-ring (bicyclic) bond motifs is 2. The lowest BCUT2D eigenvalue weighted by Gasteiger charge is -2.41. The third kappa shape index (κ3) is 3.21. The summed E-state index contributed by atoms with van der Waals surface area (Å²) in [5.74, 6) is 0.968. The molecule has 0 saturated carbocycles. The molecule has 0 N–H and O–H groups in total. The van der Waals surface area contributed by atoms with E-state index in [1.54, 1.807) is 0 Å². The van der Waals surface area contributed by atoms with E-state index in [1.165, 1.54) is 0 Å². The number of rotatable bonds is 1. The molecule has 0 radical (unpaired) electrons. The van der Waals surface area contributed by atoms with Crippen LogP contribution >= 0.6 is 15.9 Å². The fourth-order valence-corrected chi connectivity index (χ4v) is 3.59. The zero-order valence-corrected chi connectivity index (χ0v) is 14.8. The Balaban J connectivity index is 1.73. The number of halogens is 1. The molecule has 2 unspecified atom stereocenters. The molecule has 2 aliphatic heterocycles. The summed E-state index contributed by atoms with van der Waals surface area (Å²) in [6.45, 7) is 7.37. The average Bonchev–Trinajstić information content (AvgIpc) is 2.68. The number of ether oxygens (including phenoxy) is 1. The first-order valence-electron chi connectivity index (χ1n) is 7.71. The second-order valence-electron chi connectivity index (χ2n) is 7.01. The quantitative estimate of drug-likeness (QED) is 0.762. The maximum atomic E-state index is 12.4. The van der Waals surface area contributed by atoms with Gasteiger partial charge in [0.15, 0.2) is 0 Å². The SMILES string of the molecule is CC(C)(C)OC(=O)N1C2CCC1CN(c1cc(Br)ccn1)C2. The van der Waals surface area contributed by atoms with Crippen LogP contribution in [0.25, 0.3) is 0 Å². The number of carbonyl (C=O) groups is 1. The minimum Gasteiger partial charge on any atom is -0.444 e. The lowest BCUT2D eigenvalue weighted by atomic mass is 10.2. The molecule has 2 bridgehead atoms. The standard InChI is InChI=1S/C16H22BrN3O2/c1-16(2,3)22-15(21)20-12-4-5-13(20)10-19(9-12)14-8-11(17)6-7-18-14/h6-8,12-13H,4-5,9-10H2,1-3H3. The first-order chi connectivity index (χ1) is 10.3. The van der Waals surface area contributed by atoms with Crippen molar-refractivity contribution in [3.8, 4) is 0 Å².